The van der Waals surface area contributed by atoms with E-state index in [9.17, 15) is 10.1 Å². The van der Waals surface area contributed by atoms with Gasteiger partial charge in [-0.3, -0.25) is 10.1 Å². The lowest BCUT2D eigenvalue weighted by molar-refractivity contribution is -0.384. The van der Waals surface area contributed by atoms with Crippen LogP contribution in [-0.2, 0) is 0 Å². The largest absolute Gasteiger partial charge is 0.270 e. The first kappa shape index (κ1) is 9.60. The van der Waals surface area contributed by atoms with Gasteiger partial charge in [0, 0.05) is 17.7 Å². The Morgan fingerprint density at radius 1 is 1.40 bits per heavy atom. The molecule has 76 valence electrons. The van der Waals surface area contributed by atoms with Crippen molar-refractivity contribution in [2.45, 2.75) is 0 Å². The van der Waals surface area contributed by atoms with Gasteiger partial charge in [-0.15, -0.1) is 5.10 Å². The molecule has 1 aromatic carbocycles. The molecule has 2 rings (SSSR count). The smallest absolute Gasteiger partial charge is 0.258 e. The van der Waals surface area contributed by atoms with Crippen LogP contribution in [0.4, 0.5) is 5.69 Å². The molecule has 1 N–H and O–H groups in total. The molecule has 0 saturated heterocycles. The minimum Gasteiger partial charge on any atom is -0.258 e. The van der Waals surface area contributed by atoms with E-state index in [1.165, 1.54) is 12.1 Å². The highest BCUT2D eigenvalue weighted by atomic mass is 35.5. The normalized spacial score (nSPS) is 10.2. The summed E-state index contributed by atoms with van der Waals surface area (Å²) >= 11 is 5.73. The number of aromatic nitrogens is 3. The van der Waals surface area contributed by atoms with Gasteiger partial charge in [0.05, 0.1) is 4.92 Å². The first-order valence-corrected chi connectivity index (χ1v) is 4.37. The standard InChI is InChI=1S/C8H5ClN4O2/c9-8-7(10-12-11-8)5-2-1-3-6(4-5)13(14)15/h1-4H,(H,10,11,12). The van der Waals surface area contributed by atoms with Crippen LogP contribution in [0.1, 0.15) is 0 Å². The molecule has 15 heavy (non-hydrogen) atoms. The average Bonchev–Trinajstić information content (AvgIpc) is 2.64. The molecular formula is C8H5ClN4O2. The van der Waals surface area contributed by atoms with Crippen molar-refractivity contribution in [1.82, 2.24) is 15.4 Å². The van der Waals surface area contributed by atoms with E-state index in [1.54, 1.807) is 12.1 Å². The Morgan fingerprint density at radius 3 is 2.80 bits per heavy atom. The van der Waals surface area contributed by atoms with Gasteiger partial charge >= 0.3 is 0 Å². The van der Waals surface area contributed by atoms with Gasteiger partial charge in [0.2, 0.25) is 0 Å². The van der Waals surface area contributed by atoms with Crippen molar-refractivity contribution < 1.29 is 4.92 Å². The molecule has 2 aromatic rings. The number of halogens is 1. The number of hydrogen-bond acceptors (Lipinski definition) is 4. The van der Waals surface area contributed by atoms with Crippen LogP contribution in [0.3, 0.4) is 0 Å². The van der Waals surface area contributed by atoms with E-state index in [4.69, 9.17) is 11.6 Å². The maximum atomic E-state index is 10.5. The number of nitrogens with zero attached hydrogens (tertiary/aromatic N) is 3. The summed E-state index contributed by atoms with van der Waals surface area (Å²) in [7, 11) is 0. The predicted octanol–water partition coefficient (Wildman–Crippen LogP) is 2.03. The van der Waals surface area contributed by atoms with Gasteiger partial charge in [0.25, 0.3) is 5.69 Å². The molecule has 1 aromatic heterocycles. The van der Waals surface area contributed by atoms with Crippen molar-refractivity contribution in [3.8, 4) is 11.3 Å². The van der Waals surface area contributed by atoms with E-state index in [-0.39, 0.29) is 10.8 Å². The molecule has 6 nitrogen and oxygen atoms in total. The minimum absolute atomic E-state index is 0.00781. The Balaban J connectivity index is 2.50. The number of hydrogen-bond donors (Lipinski definition) is 1. The Labute approximate surface area is 89.0 Å². The lowest BCUT2D eigenvalue weighted by atomic mass is 10.1. The van der Waals surface area contributed by atoms with Crippen LogP contribution in [0.2, 0.25) is 5.15 Å². The van der Waals surface area contributed by atoms with Crippen molar-refractivity contribution in [3.63, 3.8) is 0 Å². The number of nitro groups is 1. The van der Waals surface area contributed by atoms with E-state index < -0.39 is 4.92 Å². The fraction of sp³-hybridized carbons (Fsp3) is 0. The predicted molar refractivity (Wildman–Crippen MR) is 53.5 cm³/mol. The molecule has 0 aliphatic heterocycles. The molecule has 0 fully saturated rings. The van der Waals surface area contributed by atoms with E-state index in [2.05, 4.69) is 15.4 Å². The summed E-state index contributed by atoms with van der Waals surface area (Å²) in [5.74, 6) is 0. The Kier molecular flexibility index (Phi) is 2.34. The summed E-state index contributed by atoms with van der Waals surface area (Å²) in [6, 6.07) is 6.04. The van der Waals surface area contributed by atoms with Crippen LogP contribution < -0.4 is 0 Å². The molecule has 0 unspecified atom stereocenters. The average molecular weight is 225 g/mol. The van der Waals surface area contributed by atoms with Gasteiger partial charge in [0.1, 0.15) is 5.69 Å². The zero-order valence-corrected chi connectivity index (χ0v) is 8.10. The highest BCUT2D eigenvalue weighted by Crippen LogP contribution is 2.26. The highest BCUT2D eigenvalue weighted by Gasteiger charge is 2.11. The lowest BCUT2D eigenvalue weighted by Crippen LogP contribution is -1.88. The molecule has 0 bridgehead atoms. The Morgan fingerprint density at radius 2 is 2.20 bits per heavy atom. The summed E-state index contributed by atoms with van der Waals surface area (Å²) < 4.78 is 0. The third-order valence-corrected chi connectivity index (χ3v) is 2.10. The van der Waals surface area contributed by atoms with Crippen molar-refractivity contribution in [2.75, 3.05) is 0 Å². The van der Waals surface area contributed by atoms with Crippen LogP contribution in [0.5, 0.6) is 0 Å². The number of rotatable bonds is 2. The van der Waals surface area contributed by atoms with Gasteiger partial charge in [0.15, 0.2) is 5.15 Å². The van der Waals surface area contributed by atoms with E-state index in [0.29, 0.717) is 11.3 Å². The molecule has 0 spiro atoms. The maximum Gasteiger partial charge on any atom is 0.270 e. The van der Waals surface area contributed by atoms with Crippen LogP contribution in [0.15, 0.2) is 24.3 Å². The van der Waals surface area contributed by atoms with Crippen LogP contribution >= 0.6 is 11.6 Å². The molecule has 0 amide bonds. The van der Waals surface area contributed by atoms with E-state index >= 15 is 0 Å². The van der Waals surface area contributed by atoms with Crippen molar-refractivity contribution in [2.24, 2.45) is 0 Å². The molecule has 1 heterocycles. The minimum atomic E-state index is -0.475. The molecule has 0 aliphatic carbocycles. The zero-order chi connectivity index (χ0) is 10.8. The third kappa shape index (κ3) is 1.79. The first-order chi connectivity index (χ1) is 7.18. The quantitative estimate of drug-likeness (QED) is 0.625. The lowest BCUT2D eigenvalue weighted by Gasteiger charge is -1.96. The Hall–Kier alpha value is -1.95. The second kappa shape index (κ2) is 3.66. The topological polar surface area (TPSA) is 84.7 Å². The molecule has 0 atom stereocenters. The molecular weight excluding hydrogens is 220 g/mol. The third-order valence-electron chi connectivity index (χ3n) is 1.84. The first-order valence-electron chi connectivity index (χ1n) is 3.99. The number of aromatic amines is 1. The summed E-state index contributed by atoms with van der Waals surface area (Å²) in [6.45, 7) is 0. The van der Waals surface area contributed by atoms with Gasteiger partial charge in [-0.05, 0) is 0 Å². The van der Waals surface area contributed by atoms with Gasteiger partial charge in [-0.1, -0.05) is 23.7 Å². The van der Waals surface area contributed by atoms with Gasteiger partial charge in [-0.2, -0.15) is 10.3 Å². The summed E-state index contributed by atoms with van der Waals surface area (Å²) in [4.78, 5) is 10.1. The number of H-pyrrole nitrogens is 1. The van der Waals surface area contributed by atoms with Crippen molar-refractivity contribution in [1.29, 1.82) is 0 Å². The van der Waals surface area contributed by atoms with Crippen LogP contribution in [-0.4, -0.2) is 20.3 Å². The van der Waals surface area contributed by atoms with Crippen LogP contribution in [0, 0.1) is 10.1 Å². The summed E-state index contributed by atoms with van der Waals surface area (Å²) in [5.41, 5.74) is 0.954. The second-order valence-electron chi connectivity index (χ2n) is 2.77. The molecule has 0 saturated carbocycles. The number of nitrogens with one attached hydrogen (secondary N) is 1. The maximum absolute atomic E-state index is 10.5. The number of benzene rings is 1. The van der Waals surface area contributed by atoms with E-state index in [1.807, 2.05) is 0 Å². The highest BCUT2D eigenvalue weighted by molar-refractivity contribution is 6.31. The monoisotopic (exact) mass is 224 g/mol. The summed E-state index contributed by atoms with van der Waals surface area (Å²) in [5, 5.41) is 20.5. The molecule has 0 radical (unpaired) electrons. The van der Waals surface area contributed by atoms with Crippen LogP contribution in [0.25, 0.3) is 11.3 Å². The van der Waals surface area contributed by atoms with E-state index in [0.717, 1.165) is 0 Å². The van der Waals surface area contributed by atoms with Gasteiger partial charge in [-0.25, -0.2) is 0 Å². The molecule has 0 aliphatic rings. The Bertz CT molecular complexity index is 511. The van der Waals surface area contributed by atoms with Gasteiger partial charge < -0.3 is 0 Å². The molecule has 7 heteroatoms. The van der Waals surface area contributed by atoms with Crippen molar-refractivity contribution >= 4 is 17.3 Å². The second-order valence-corrected chi connectivity index (χ2v) is 3.13. The number of nitro benzene ring substituents is 1. The summed E-state index contributed by atoms with van der Waals surface area (Å²) in [6.07, 6.45) is 0. The fourth-order valence-corrected chi connectivity index (χ4v) is 1.36. The van der Waals surface area contributed by atoms with Crippen molar-refractivity contribution in [3.05, 3.63) is 39.5 Å². The SMILES string of the molecule is O=[N+]([O-])c1cccc(-c2n[nH]nc2Cl)c1. The number of non-ortho nitro benzene ring substituents is 1. The zero-order valence-electron chi connectivity index (χ0n) is 7.35. The fourth-order valence-electron chi connectivity index (χ4n) is 1.17.